The van der Waals surface area contributed by atoms with Crippen LogP contribution in [-0.2, 0) is 4.74 Å². The number of amides is 2. The third-order valence-electron chi connectivity index (χ3n) is 6.39. The molecule has 0 radical (unpaired) electrons. The number of carbonyl (C=O) groups is 2. The first-order valence-corrected chi connectivity index (χ1v) is 12.2. The van der Waals surface area contributed by atoms with Gasteiger partial charge in [0, 0.05) is 31.9 Å². The van der Waals surface area contributed by atoms with E-state index >= 15 is 0 Å². The number of ether oxygens (including phenoxy) is 1. The second-order valence-corrected chi connectivity index (χ2v) is 10.2. The van der Waals surface area contributed by atoms with Crippen molar-refractivity contribution in [2.75, 3.05) is 25.0 Å². The number of nitrogens with one attached hydrogen (secondary N) is 2. The lowest BCUT2D eigenvalue weighted by molar-refractivity contribution is 0.0188. The number of anilines is 1. The minimum atomic E-state index is -0.473. The van der Waals surface area contributed by atoms with Crippen molar-refractivity contribution in [2.24, 2.45) is 5.92 Å². The minimum Gasteiger partial charge on any atom is -0.444 e. The van der Waals surface area contributed by atoms with Gasteiger partial charge in [-0.25, -0.2) is 14.3 Å². The van der Waals surface area contributed by atoms with Crippen LogP contribution in [0.2, 0.25) is 0 Å². The molecule has 0 spiro atoms. The summed E-state index contributed by atoms with van der Waals surface area (Å²) >= 11 is 0. The first-order valence-electron chi connectivity index (χ1n) is 12.2. The summed E-state index contributed by atoms with van der Waals surface area (Å²) in [6.07, 6.45) is 10.7. The van der Waals surface area contributed by atoms with Gasteiger partial charge in [0.15, 0.2) is 5.65 Å². The summed E-state index contributed by atoms with van der Waals surface area (Å²) in [6.45, 7) is 7.82. The number of aromatic nitrogens is 3. The Bertz CT molecular complexity index is 968. The molecule has 9 heteroatoms. The summed E-state index contributed by atoms with van der Waals surface area (Å²) < 4.78 is 7.11. The lowest BCUT2D eigenvalue weighted by atomic mass is 9.95. The summed E-state index contributed by atoms with van der Waals surface area (Å²) in [5.41, 5.74) is 0.600. The molecule has 9 nitrogen and oxygen atoms in total. The van der Waals surface area contributed by atoms with Crippen molar-refractivity contribution in [3.63, 3.8) is 0 Å². The molecule has 1 saturated carbocycles. The maximum atomic E-state index is 12.8. The van der Waals surface area contributed by atoms with Gasteiger partial charge in [0.05, 0.1) is 6.20 Å². The third kappa shape index (κ3) is 6.15. The summed E-state index contributed by atoms with van der Waals surface area (Å²) in [4.78, 5) is 31.5. The predicted octanol–water partition coefficient (Wildman–Crippen LogP) is 3.85. The number of carbonyl (C=O) groups excluding carboxylic acids is 2. The van der Waals surface area contributed by atoms with E-state index < -0.39 is 5.60 Å². The van der Waals surface area contributed by atoms with Gasteiger partial charge in [0.1, 0.15) is 17.0 Å². The van der Waals surface area contributed by atoms with E-state index in [1.54, 1.807) is 15.6 Å². The fraction of sp³-hybridized carbons (Fsp3) is 0.667. The quantitative estimate of drug-likeness (QED) is 0.709. The number of rotatable bonds is 5. The lowest BCUT2D eigenvalue weighted by Crippen LogP contribution is -2.42. The highest BCUT2D eigenvalue weighted by atomic mass is 16.6. The average molecular weight is 457 g/mol. The van der Waals surface area contributed by atoms with E-state index in [0.29, 0.717) is 30.2 Å². The standard InChI is InChI=1S/C24H36N6O3/c1-24(2,3)33-23(32)29-12-9-17(10-13-29)15-25-20-11-14-30-21(28-20)19(16-26-30)22(31)27-18-7-5-4-6-8-18/h11,14,16-18H,4-10,12-13,15H2,1-3H3,(H,25,28)(H,27,31). The Morgan fingerprint density at radius 2 is 1.85 bits per heavy atom. The second-order valence-electron chi connectivity index (χ2n) is 10.2. The van der Waals surface area contributed by atoms with Crippen molar-refractivity contribution < 1.29 is 14.3 Å². The van der Waals surface area contributed by atoms with Gasteiger partial charge in [-0.2, -0.15) is 5.10 Å². The molecule has 4 rings (SSSR count). The number of likely N-dealkylation sites (tertiary alicyclic amines) is 1. The van der Waals surface area contributed by atoms with E-state index in [0.717, 1.165) is 38.0 Å². The summed E-state index contributed by atoms with van der Waals surface area (Å²) in [6, 6.07) is 2.12. The number of hydrogen-bond acceptors (Lipinski definition) is 6. The Labute approximate surface area is 195 Å². The van der Waals surface area contributed by atoms with Crippen LogP contribution < -0.4 is 10.6 Å². The fourth-order valence-corrected chi connectivity index (χ4v) is 4.53. The van der Waals surface area contributed by atoms with Gasteiger partial charge < -0.3 is 20.3 Å². The topological polar surface area (TPSA) is 101 Å². The largest absolute Gasteiger partial charge is 0.444 e. The highest BCUT2D eigenvalue weighted by molar-refractivity contribution is 5.99. The molecule has 1 saturated heterocycles. The van der Waals surface area contributed by atoms with Crippen molar-refractivity contribution in [2.45, 2.75) is 77.4 Å². The molecule has 0 unspecified atom stereocenters. The minimum absolute atomic E-state index is 0.101. The van der Waals surface area contributed by atoms with E-state index in [1.807, 2.05) is 33.0 Å². The molecule has 2 fully saturated rings. The zero-order valence-electron chi connectivity index (χ0n) is 20.0. The number of nitrogens with zero attached hydrogens (tertiary/aromatic N) is 4. The van der Waals surface area contributed by atoms with Gasteiger partial charge in [-0.3, -0.25) is 4.79 Å². The lowest BCUT2D eigenvalue weighted by Gasteiger charge is -2.33. The van der Waals surface area contributed by atoms with Gasteiger partial charge in [-0.15, -0.1) is 0 Å². The highest BCUT2D eigenvalue weighted by Gasteiger charge is 2.27. The molecule has 33 heavy (non-hydrogen) atoms. The molecule has 2 aliphatic rings. The smallest absolute Gasteiger partial charge is 0.410 e. The van der Waals surface area contributed by atoms with Gasteiger partial charge in [0.2, 0.25) is 0 Å². The number of hydrogen-bond donors (Lipinski definition) is 2. The fourth-order valence-electron chi connectivity index (χ4n) is 4.53. The number of piperidine rings is 1. The molecule has 3 heterocycles. The van der Waals surface area contributed by atoms with Crippen molar-refractivity contribution in [1.29, 1.82) is 0 Å². The Morgan fingerprint density at radius 3 is 2.55 bits per heavy atom. The van der Waals surface area contributed by atoms with Gasteiger partial charge >= 0.3 is 6.09 Å². The zero-order chi connectivity index (χ0) is 23.4. The Balaban J connectivity index is 1.31. The van der Waals surface area contributed by atoms with Crippen LogP contribution in [-0.4, -0.2) is 62.8 Å². The van der Waals surface area contributed by atoms with Crippen LogP contribution in [0.5, 0.6) is 0 Å². The first-order chi connectivity index (χ1) is 15.8. The molecule has 2 N–H and O–H groups in total. The molecule has 2 aromatic rings. The molecule has 0 aromatic carbocycles. The van der Waals surface area contributed by atoms with Crippen LogP contribution in [0.25, 0.3) is 5.65 Å². The normalized spacial score (nSPS) is 18.3. The molecule has 0 atom stereocenters. The highest BCUT2D eigenvalue weighted by Crippen LogP contribution is 2.21. The summed E-state index contributed by atoms with van der Waals surface area (Å²) in [7, 11) is 0. The van der Waals surface area contributed by atoms with E-state index in [2.05, 4.69) is 20.7 Å². The van der Waals surface area contributed by atoms with Crippen LogP contribution in [0.3, 0.4) is 0 Å². The zero-order valence-corrected chi connectivity index (χ0v) is 20.0. The monoisotopic (exact) mass is 456 g/mol. The van der Waals surface area contributed by atoms with Crippen LogP contribution in [0.1, 0.15) is 76.1 Å². The van der Waals surface area contributed by atoms with Gasteiger partial charge in [-0.1, -0.05) is 19.3 Å². The van der Waals surface area contributed by atoms with Crippen molar-refractivity contribution in [1.82, 2.24) is 24.8 Å². The van der Waals surface area contributed by atoms with Crippen LogP contribution in [0, 0.1) is 5.92 Å². The van der Waals surface area contributed by atoms with Crippen molar-refractivity contribution >= 4 is 23.5 Å². The van der Waals surface area contributed by atoms with E-state index in [-0.39, 0.29) is 18.0 Å². The SMILES string of the molecule is CC(C)(C)OC(=O)N1CCC(CNc2ccn3ncc(C(=O)NC4CCCCC4)c3n2)CC1. The molecule has 1 aliphatic heterocycles. The van der Waals surface area contributed by atoms with E-state index in [4.69, 9.17) is 4.74 Å². The molecule has 180 valence electrons. The van der Waals surface area contributed by atoms with Crippen molar-refractivity contribution in [3.05, 3.63) is 24.0 Å². The van der Waals surface area contributed by atoms with Crippen molar-refractivity contribution in [3.8, 4) is 0 Å². The van der Waals surface area contributed by atoms with E-state index in [1.165, 1.54) is 19.3 Å². The molecular weight excluding hydrogens is 420 g/mol. The van der Waals surface area contributed by atoms with Gasteiger partial charge in [-0.05, 0) is 58.4 Å². The van der Waals surface area contributed by atoms with E-state index in [9.17, 15) is 9.59 Å². The third-order valence-corrected chi connectivity index (χ3v) is 6.39. The summed E-state index contributed by atoms with van der Waals surface area (Å²) in [5, 5.41) is 10.8. The van der Waals surface area contributed by atoms with Crippen LogP contribution in [0.15, 0.2) is 18.5 Å². The Hall–Kier alpha value is -2.84. The van der Waals surface area contributed by atoms with Crippen LogP contribution in [0.4, 0.5) is 10.6 Å². The molecule has 2 aromatic heterocycles. The maximum absolute atomic E-state index is 12.8. The van der Waals surface area contributed by atoms with Crippen LogP contribution >= 0.6 is 0 Å². The predicted molar refractivity (Wildman–Crippen MR) is 126 cm³/mol. The second kappa shape index (κ2) is 9.97. The summed E-state index contributed by atoms with van der Waals surface area (Å²) in [5.74, 6) is 1.07. The molecule has 0 bridgehead atoms. The first kappa shape index (κ1) is 23.3. The van der Waals surface area contributed by atoms with Gasteiger partial charge in [0.25, 0.3) is 5.91 Å². The molecule has 1 aliphatic carbocycles. The number of fused-ring (bicyclic) bond motifs is 1. The molecular formula is C24H36N6O3. The molecule has 2 amide bonds. The maximum Gasteiger partial charge on any atom is 0.410 e. The Kier molecular flexibility index (Phi) is 7.05. The Morgan fingerprint density at radius 1 is 1.12 bits per heavy atom. The average Bonchev–Trinajstić information content (AvgIpc) is 3.21.